The highest BCUT2D eigenvalue weighted by Crippen LogP contribution is 2.35. The van der Waals surface area contributed by atoms with E-state index in [1.807, 2.05) is 39.0 Å². The third-order valence-electron chi connectivity index (χ3n) is 5.86. The van der Waals surface area contributed by atoms with Crippen LogP contribution in [0.3, 0.4) is 0 Å². The lowest BCUT2D eigenvalue weighted by atomic mass is 9.82. The van der Waals surface area contributed by atoms with Gasteiger partial charge in [0.2, 0.25) is 0 Å². The van der Waals surface area contributed by atoms with Gasteiger partial charge in [0.25, 0.3) is 0 Å². The fourth-order valence-corrected chi connectivity index (χ4v) is 5.65. The molecule has 0 bridgehead atoms. The van der Waals surface area contributed by atoms with Gasteiger partial charge in [0, 0.05) is 20.6 Å². The second kappa shape index (κ2) is 11.8. The Morgan fingerprint density at radius 3 is 2.67 bits per heavy atom. The maximum absolute atomic E-state index is 13.5. The number of anilines is 1. The number of aromatic nitrogens is 5. The van der Waals surface area contributed by atoms with Crippen molar-refractivity contribution in [3.63, 3.8) is 0 Å². The molecule has 0 saturated heterocycles. The monoisotopic (exact) mass is 532 g/mol. The summed E-state index contributed by atoms with van der Waals surface area (Å²) in [6.45, 7) is 15.6. The summed E-state index contributed by atoms with van der Waals surface area (Å²) in [5, 5.41) is 13.1. The van der Waals surface area contributed by atoms with Crippen LogP contribution in [0, 0.1) is 5.92 Å². The number of benzene rings is 1. The van der Waals surface area contributed by atoms with E-state index >= 15 is 0 Å². The molecular weight excluding hydrogens is 492 g/mol. The third-order valence-corrected chi connectivity index (χ3v) is 8.41. The molecule has 0 aliphatic rings. The standard InChI is InChI=1S/C25H40N6O3SSi/c1-8-10-18(23(32)34-25(2,3)4)19(15-17-11-9-12-20-21(17)27-24(26)35-20)22-28-29-30-31(22)16-33-13-14-36(5,6)7/h9,11-12,18-19H,8,10,13-16H2,1-7H3,(H2,26,27)/t18?,19-/m0/s1. The summed E-state index contributed by atoms with van der Waals surface area (Å²) in [5.74, 6) is -0.364. The molecule has 11 heteroatoms. The summed E-state index contributed by atoms with van der Waals surface area (Å²) in [5.41, 5.74) is 7.28. The molecule has 0 amide bonds. The molecule has 2 N–H and O–H groups in total. The van der Waals surface area contributed by atoms with Crippen LogP contribution in [0.4, 0.5) is 5.13 Å². The molecule has 1 unspecified atom stereocenters. The summed E-state index contributed by atoms with van der Waals surface area (Å²) < 4.78 is 14.5. The highest BCUT2D eigenvalue weighted by molar-refractivity contribution is 7.22. The van der Waals surface area contributed by atoms with E-state index < -0.39 is 19.6 Å². The van der Waals surface area contributed by atoms with Gasteiger partial charge in [-0.2, -0.15) is 0 Å². The van der Waals surface area contributed by atoms with Crippen LogP contribution in [0.25, 0.3) is 10.2 Å². The molecule has 36 heavy (non-hydrogen) atoms. The Labute approximate surface area is 218 Å². The van der Waals surface area contributed by atoms with Gasteiger partial charge in [-0.05, 0) is 61.7 Å². The number of thiazole rings is 1. The number of esters is 1. The lowest BCUT2D eigenvalue weighted by Gasteiger charge is -2.29. The third kappa shape index (κ3) is 7.81. The van der Waals surface area contributed by atoms with Crippen LogP contribution < -0.4 is 5.73 Å². The predicted molar refractivity (Wildman–Crippen MR) is 147 cm³/mol. The lowest BCUT2D eigenvalue weighted by Crippen LogP contribution is -2.34. The van der Waals surface area contributed by atoms with E-state index in [0.717, 1.165) is 28.2 Å². The first-order valence-corrected chi connectivity index (χ1v) is 17.1. The molecular formula is C25H40N6O3SSi. The second-order valence-electron chi connectivity index (χ2n) is 11.4. The molecule has 0 aliphatic carbocycles. The molecule has 198 valence electrons. The minimum absolute atomic E-state index is 0.240. The topological polar surface area (TPSA) is 118 Å². The lowest BCUT2D eigenvalue weighted by molar-refractivity contribution is -0.161. The fourth-order valence-electron chi connectivity index (χ4n) is 4.11. The number of nitrogens with zero attached hydrogens (tertiary/aromatic N) is 5. The van der Waals surface area contributed by atoms with Crippen LogP contribution in [-0.4, -0.2) is 51.4 Å². The Morgan fingerprint density at radius 1 is 1.25 bits per heavy atom. The van der Waals surface area contributed by atoms with E-state index in [9.17, 15) is 4.79 Å². The minimum atomic E-state index is -1.22. The number of carbonyl (C=O) groups excluding carboxylic acids is 1. The number of hydrogen-bond acceptors (Lipinski definition) is 9. The molecule has 3 aromatic rings. The number of nitrogen functional groups attached to an aromatic ring is 1. The zero-order valence-electron chi connectivity index (χ0n) is 22.6. The quantitative estimate of drug-likeness (QED) is 0.191. The minimum Gasteiger partial charge on any atom is -0.460 e. The molecule has 1 aromatic carbocycles. The molecule has 0 aliphatic heterocycles. The summed E-state index contributed by atoms with van der Waals surface area (Å²) in [7, 11) is -1.22. The van der Waals surface area contributed by atoms with E-state index in [0.29, 0.717) is 30.4 Å². The molecule has 9 nitrogen and oxygen atoms in total. The van der Waals surface area contributed by atoms with Crippen LogP contribution in [0.5, 0.6) is 0 Å². The zero-order chi connectivity index (χ0) is 26.5. The fraction of sp³-hybridized carbons (Fsp3) is 0.640. The van der Waals surface area contributed by atoms with Crippen LogP contribution in [-0.2, 0) is 27.4 Å². The van der Waals surface area contributed by atoms with Gasteiger partial charge in [0.05, 0.1) is 16.1 Å². The van der Waals surface area contributed by atoms with Gasteiger partial charge < -0.3 is 15.2 Å². The Bertz CT molecular complexity index is 1150. The number of carbonyl (C=O) groups is 1. The van der Waals surface area contributed by atoms with Crippen molar-refractivity contribution in [2.24, 2.45) is 5.92 Å². The zero-order valence-corrected chi connectivity index (χ0v) is 24.4. The molecule has 0 radical (unpaired) electrons. The average Bonchev–Trinajstić information content (AvgIpc) is 3.37. The number of fused-ring (bicyclic) bond motifs is 1. The molecule has 0 saturated carbocycles. The Morgan fingerprint density at radius 2 is 2.00 bits per heavy atom. The van der Waals surface area contributed by atoms with Gasteiger partial charge in [-0.3, -0.25) is 4.79 Å². The molecule has 3 rings (SSSR count). The van der Waals surface area contributed by atoms with Crippen molar-refractivity contribution >= 4 is 40.7 Å². The van der Waals surface area contributed by atoms with Gasteiger partial charge in [-0.1, -0.05) is 56.5 Å². The maximum atomic E-state index is 13.5. The highest BCUT2D eigenvalue weighted by atomic mass is 32.1. The van der Waals surface area contributed by atoms with E-state index in [1.54, 1.807) is 4.68 Å². The van der Waals surface area contributed by atoms with Crippen molar-refractivity contribution in [1.29, 1.82) is 0 Å². The van der Waals surface area contributed by atoms with E-state index in [1.165, 1.54) is 11.3 Å². The first kappa shape index (κ1) is 28.2. The molecule has 2 atom stereocenters. The van der Waals surface area contributed by atoms with Gasteiger partial charge in [-0.15, -0.1) is 5.10 Å². The number of hydrogen-bond donors (Lipinski definition) is 1. The number of ether oxygens (including phenoxy) is 2. The van der Waals surface area contributed by atoms with Gasteiger partial charge in [-0.25, -0.2) is 9.67 Å². The number of nitrogens with two attached hydrogens (primary N) is 1. The van der Waals surface area contributed by atoms with Gasteiger partial charge in [0.15, 0.2) is 11.0 Å². The van der Waals surface area contributed by atoms with Crippen molar-refractivity contribution in [2.75, 3.05) is 12.3 Å². The van der Waals surface area contributed by atoms with Crippen molar-refractivity contribution < 1.29 is 14.3 Å². The predicted octanol–water partition coefficient (Wildman–Crippen LogP) is 5.26. The molecule has 2 aromatic heterocycles. The summed E-state index contributed by atoms with van der Waals surface area (Å²) >= 11 is 1.46. The number of para-hydroxylation sites is 1. The summed E-state index contributed by atoms with van der Waals surface area (Å²) in [6.07, 6.45) is 2.00. The van der Waals surface area contributed by atoms with E-state index in [-0.39, 0.29) is 18.6 Å². The van der Waals surface area contributed by atoms with Crippen molar-refractivity contribution in [2.45, 2.75) is 90.9 Å². The van der Waals surface area contributed by atoms with Gasteiger partial charge in [0.1, 0.15) is 12.3 Å². The van der Waals surface area contributed by atoms with Crippen LogP contribution in [0.1, 0.15) is 57.8 Å². The normalized spacial score (nSPS) is 14.2. The summed E-state index contributed by atoms with van der Waals surface area (Å²) in [4.78, 5) is 18.0. The maximum Gasteiger partial charge on any atom is 0.310 e. The highest BCUT2D eigenvalue weighted by Gasteiger charge is 2.36. The van der Waals surface area contributed by atoms with E-state index in [2.05, 4.69) is 47.1 Å². The number of tetrazole rings is 1. The summed E-state index contributed by atoms with van der Waals surface area (Å²) in [6, 6.07) is 7.09. The van der Waals surface area contributed by atoms with Crippen LogP contribution >= 0.6 is 11.3 Å². The second-order valence-corrected chi connectivity index (χ2v) is 18.1. The van der Waals surface area contributed by atoms with Crippen molar-refractivity contribution in [3.8, 4) is 0 Å². The first-order valence-electron chi connectivity index (χ1n) is 12.6. The first-order chi connectivity index (χ1) is 16.9. The molecule has 0 spiro atoms. The van der Waals surface area contributed by atoms with Crippen molar-refractivity contribution in [1.82, 2.24) is 25.2 Å². The Kier molecular flexibility index (Phi) is 9.23. The largest absolute Gasteiger partial charge is 0.460 e. The van der Waals surface area contributed by atoms with Crippen molar-refractivity contribution in [3.05, 3.63) is 29.6 Å². The smallest absolute Gasteiger partial charge is 0.310 e. The Hall–Kier alpha value is -2.37. The molecule has 2 heterocycles. The number of rotatable bonds is 12. The SMILES string of the molecule is CCCC(C(=O)OC(C)(C)C)[C@H](Cc1cccc2sc(N)nc12)c1nnnn1COCC[Si](C)(C)C. The average molecular weight is 533 g/mol. The van der Waals surface area contributed by atoms with Crippen LogP contribution in [0.2, 0.25) is 25.7 Å². The van der Waals surface area contributed by atoms with Crippen LogP contribution in [0.15, 0.2) is 18.2 Å². The van der Waals surface area contributed by atoms with E-state index in [4.69, 9.17) is 15.2 Å². The molecule has 0 fully saturated rings. The van der Waals surface area contributed by atoms with Gasteiger partial charge >= 0.3 is 5.97 Å². The Balaban J connectivity index is 1.97.